The third-order valence-electron chi connectivity index (χ3n) is 2.50. The number of nitrogens with zero attached hydrogens (tertiary/aromatic N) is 1. The van der Waals surface area contributed by atoms with E-state index in [4.69, 9.17) is 4.74 Å². The van der Waals surface area contributed by atoms with Crippen molar-refractivity contribution in [3.63, 3.8) is 0 Å². The van der Waals surface area contributed by atoms with Crippen molar-refractivity contribution in [3.8, 4) is 0 Å². The van der Waals surface area contributed by atoms with Crippen LogP contribution in [0.25, 0.3) is 0 Å². The molecule has 0 bridgehead atoms. The number of halogens is 1. The van der Waals surface area contributed by atoms with Crippen LogP contribution in [0.1, 0.15) is 12.8 Å². The summed E-state index contributed by atoms with van der Waals surface area (Å²) in [7, 11) is 1.76. The number of ether oxygens (including phenoxy) is 1. The highest BCUT2D eigenvalue weighted by Crippen LogP contribution is 2.25. The molecule has 0 saturated heterocycles. The fourth-order valence-electron chi connectivity index (χ4n) is 1.57. The van der Waals surface area contributed by atoms with Gasteiger partial charge in [0.2, 0.25) is 0 Å². The van der Waals surface area contributed by atoms with Gasteiger partial charge in [0.1, 0.15) is 10.4 Å². The Bertz CT molecular complexity index is 313. The molecule has 0 aromatic carbocycles. The summed E-state index contributed by atoms with van der Waals surface area (Å²) in [4.78, 5) is 4.31. The van der Waals surface area contributed by atoms with Gasteiger partial charge in [0.15, 0.2) is 0 Å². The van der Waals surface area contributed by atoms with Gasteiger partial charge >= 0.3 is 0 Å². The van der Waals surface area contributed by atoms with Crippen LogP contribution in [0.3, 0.4) is 0 Å². The Kier molecular flexibility index (Phi) is 3.03. The first-order valence-corrected chi connectivity index (χ1v) is 5.49. The number of hydrogen-bond acceptors (Lipinski definition) is 3. The maximum Gasteiger partial charge on any atom is 0.127 e. The molecule has 0 aliphatic heterocycles. The second-order valence-electron chi connectivity index (χ2n) is 3.52. The Morgan fingerprint density at radius 1 is 1.50 bits per heavy atom. The number of anilines is 1. The molecule has 1 heterocycles. The Morgan fingerprint density at radius 3 is 2.93 bits per heavy atom. The highest BCUT2D eigenvalue weighted by Gasteiger charge is 2.28. The number of methoxy groups -OCH3 is 1. The van der Waals surface area contributed by atoms with Crippen LogP contribution in [0.4, 0.5) is 5.82 Å². The zero-order valence-electron chi connectivity index (χ0n) is 8.03. The second kappa shape index (κ2) is 4.28. The summed E-state index contributed by atoms with van der Waals surface area (Å²) < 4.78 is 6.07. The largest absolute Gasteiger partial charge is 0.381 e. The smallest absolute Gasteiger partial charge is 0.127 e. The van der Waals surface area contributed by atoms with Gasteiger partial charge in [-0.1, -0.05) is 6.07 Å². The van der Waals surface area contributed by atoms with Gasteiger partial charge in [-0.2, -0.15) is 0 Å². The van der Waals surface area contributed by atoms with Crippen molar-refractivity contribution in [2.24, 2.45) is 0 Å². The van der Waals surface area contributed by atoms with E-state index < -0.39 is 0 Å². The Balaban J connectivity index is 1.87. The summed E-state index contributed by atoms with van der Waals surface area (Å²) >= 11 is 3.34. The fraction of sp³-hybridized carbons (Fsp3) is 0.500. The molecule has 76 valence electrons. The molecule has 1 N–H and O–H groups in total. The van der Waals surface area contributed by atoms with Crippen molar-refractivity contribution in [3.05, 3.63) is 22.8 Å². The monoisotopic (exact) mass is 256 g/mol. The van der Waals surface area contributed by atoms with E-state index in [0.29, 0.717) is 12.1 Å². The second-order valence-corrected chi connectivity index (χ2v) is 4.33. The van der Waals surface area contributed by atoms with Gasteiger partial charge in [0.25, 0.3) is 0 Å². The van der Waals surface area contributed by atoms with E-state index in [0.717, 1.165) is 23.3 Å². The molecule has 0 amide bonds. The first-order valence-electron chi connectivity index (χ1n) is 4.70. The van der Waals surface area contributed by atoms with E-state index in [1.807, 2.05) is 18.2 Å². The molecule has 0 unspecified atom stereocenters. The van der Waals surface area contributed by atoms with Gasteiger partial charge in [-0.3, -0.25) is 0 Å². The SMILES string of the molecule is COC1CC(Nc2cccc(Br)n2)C1. The average molecular weight is 257 g/mol. The topological polar surface area (TPSA) is 34.1 Å². The average Bonchev–Trinajstić information content (AvgIpc) is 2.10. The zero-order chi connectivity index (χ0) is 9.97. The van der Waals surface area contributed by atoms with Crippen molar-refractivity contribution in [1.29, 1.82) is 0 Å². The number of aromatic nitrogens is 1. The van der Waals surface area contributed by atoms with E-state index in [2.05, 4.69) is 26.2 Å². The fourth-order valence-corrected chi connectivity index (χ4v) is 1.92. The lowest BCUT2D eigenvalue weighted by Gasteiger charge is -2.34. The van der Waals surface area contributed by atoms with Crippen molar-refractivity contribution in [1.82, 2.24) is 4.98 Å². The summed E-state index contributed by atoms with van der Waals surface area (Å²) in [5, 5.41) is 3.36. The van der Waals surface area contributed by atoms with Crippen LogP contribution in [0, 0.1) is 0 Å². The molecule has 1 aliphatic carbocycles. The Morgan fingerprint density at radius 2 is 2.29 bits per heavy atom. The molecule has 1 aromatic heterocycles. The van der Waals surface area contributed by atoms with E-state index in [-0.39, 0.29) is 0 Å². The molecule has 2 rings (SSSR count). The van der Waals surface area contributed by atoms with Gasteiger partial charge in [-0.25, -0.2) is 4.98 Å². The molecular formula is C10H13BrN2O. The number of nitrogens with one attached hydrogen (secondary N) is 1. The lowest BCUT2D eigenvalue weighted by Crippen LogP contribution is -2.40. The molecule has 3 nitrogen and oxygen atoms in total. The van der Waals surface area contributed by atoms with Crippen LogP contribution in [0.15, 0.2) is 22.8 Å². The van der Waals surface area contributed by atoms with Crippen molar-refractivity contribution < 1.29 is 4.74 Å². The van der Waals surface area contributed by atoms with Gasteiger partial charge < -0.3 is 10.1 Å². The first-order chi connectivity index (χ1) is 6.78. The van der Waals surface area contributed by atoms with Crippen molar-refractivity contribution >= 4 is 21.7 Å². The van der Waals surface area contributed by atoms with Crippen LogP contribution in [-0.4, -0.2) is 24.2 Å². The molecule has 0 spiro atoms. The Hall–Kier alpha value is -0.610. The Labute approximate surface area is 92.0 Å². The highest BCUT2D eigenvalue weighted by molar-refractivity contribution is 9.10. The normalized spacial score (nSPS) is 25.6. The first kappa shape index (κ1) is 9.93. The lowest BCUT2D eigenvalue weighted by atomic mass is 9.89. The minimum atomic E-state index is 0.430. The van der Waals surface area contributed by atoms with E-state index in [1.165, 1.54) is 0 Å². The van der Waals surface area contributed by atoms with Crippen molar-refractivity contribution in [2.75, 3.05) is 12.4 Å². The van der Waals surface area contributed by atoms with Crippen LogP contribution >= 0.6 is 15.9 Å². The molecule has 0 atom stereocenters. The molecule has 14 heavy (non-hydrogen) atoms. The summed E-state index contributed by atoms with van der Waals surface area (Å²) in [6.07, 6.45) is 2.58. The van der Waals surface area contributed by atoms with Gasteiger partial charge in [0.05, 0.1) is 6.10 Å². The predicted molar refractivity (Wildman–Crippen MR) is 59.4 cm³/mol. The van der Waals surface area contributed by atoms with Crippen LogP contribution in [0.2, 0.25) is 0 Å². The van der Waals surface area contributed by atoms with E-state index in [1.54, 1.807) is 7.11 Å². The quantitative estimate of drug-likeness (QED) is 0.844. The van der Waals surface area contributed by atoms with Crippen molar-refractivity contribution in [2.45, 2.75) is 25.0 Å². The van der Waals surface area contributed by atoms with Crippen LogP contribution in [-0.2, 0) is 4.74 Å². The predicted octanol–water partition coefficient (Wildman–Crippen LogP) is 2.43. The highest BCUT2D eigenvalue weighted by atomic mass is 79.9. The standard InChI is InChI=1S/C10H13BrN2O/c1-14-8-5-7(6-8)12-10-4-2-3-9(11)13-10/h2-4,7-8H,5-6H2,1H3,(H,12,13). The van der Waals surface area contributed by atoms with Crippen LogP contribution < -0.4 is 5.32 Å². The van der Waals surface area contributed by atoms with Gasteiger partial charge in [-0.05, 0) is 40.9 Å². The maximum absolute atomic E-state index is 5.21. The van der Waals surface area contributed by atoms with Gasteiger partial charge in [-0.15, -0.1) is 0 Å². The summed E-state index contributed by atoms with van der Waals surface area (Å²) in [5.74, 6) is 0.930. The third-order valence-corrected chi connectivity index (χ3v) is 2.94. The third kappa shape index (κ3) is 2.25. The molecule has 1 fully saturated rings. The summed E-state index contributed by atoms with van der Waals surface area (Å²) in [6.45, 7) is 0. The molecule has 1 aromatic rings. The number of rotatable bonds is 3. The molecule has 4 heteroatoms. The summed E-state index contributed by atoms with van der Waals surface area (Å²) in [5.41, 5.74) is 0. The molecular weight excluding hydrogens is 244 g/mol. The minimum absolute atomic E-state index is 0.430. The maximum atomic E-state index is 5.21. The van der Waals surface area contributed by atoms with E-state index >= 15 is 0 Å². The molecule has 1 aliphatic rings. The zero-order valence-corrected chi connectivity index (χ0v) is 9.62. The summed E-state index contributed by atoms with van der Waals surface area (Å²) in [6, 6.07) is 6.39. The number of hydrogen-bond donors (Lipinski definition) is 1. The minimum Gasteiger partial charge on any atom is -0.381 e. The van der Waals surface area contributed by atoms with Crippen LogP contribution in [0.5, 0.6) is 0 Å². The number of pyridine rings is 1. The van der Waals surface area contributed by atoms with Gasteiger partial charge in [0, 0.05) is 13.2 Å². The molecule has 0 radical (unpaired) electrons. The molecule has 1 saturated carbocycles. The van der Waals surface area contributed by atoms with E-state index in [9.17, 15) is 0 Å². The lowest BCUT2D eigenvalue weighted by molar-refractivity contribution is 0.0328.